The first-order valence-corrected chi connectivity index (χ1v) is 5.94. The zero-order valence-corrected chi connectivity index (χ0v) is 10.6. The van der Waals surface area contributed by atoms with Crippen LogP contribution in [0.25, 0.3) is 0 Å². The van der Waals surface area contributed by atoms with Crippen LogP contribution in [0, 0.1) is 0 Å². The number of ether oxygens (including phenoxy) is 1. The monoisotopic (exact) mass is 260 g/mol. The predicted octanol–water partition coefficient (Wildman–Crippen LogP) is 1.72. The van der Waals surface area contributed by atoms with E-state index in [4.69, 9.17) is 4.74 Å². The van der Waals surface area contributed by atoms with Crippen molar-refractivity contribution in [1.82, 2.24) is 10.2 Å². The fraction of sp³-hybridized carbons (Fsp3) is 0.231. The Morgan fingerprint density at radius 1 is 1.32 bits per heavy atom. The average molecular weight is 260 g/mol. The lowest BCUT2D eigenvalue weighted by Gasteiger charge is -2.12. The molecule has 2 aromatic rings. The minimum atomic E-state index is -0.224. The number of hydrogen-bond acceptors (Lipinski definition) is 4. The molecule has 2 rings (SSSR count). The van der Waals surface area contributed by atoms with Crippen LogP contribution in [0.2, 0.25) is 0 Å². The zero-order valence-electron chi connectivity index (χ0n) is 10.6. The molecule has 0 unspecified atom stereocenters. The van der Waals surface area contributed by atoms with E-state index in [-0.39, 0.29) is 5.91 Å². The second-order valence-corrected chi connectivity index (χ2v) is 3.89. The lowest BCUT2D eigenvalue weighted by Crippen LogP contribution is -2.15. The van der Waals surface area contributed by atoms with E-state index in [0.29, 0.717) is 18.8 Å². The summed E-state index contributed by atoms with van der Waals surface area (Å²) in [5, 5.41) is 12.4. The van der Waals surface area contributed by atoms with E-state index in [1.807, 2.05) is 24.3 Å². The summed E-state index contributed by atoms with van der Waals surface area (Å²) in [4.78, 5) is 11.9. The van der Waals surface area contributed by atoms with Gasteiger partial charge in [0.1, 0.15) is 5.69 Å². The van der Waals surface area contributed by atoms with Crippen LogP contribution in [0.15, 0.2) is 36.5 Å². The molecule has 0 spiro atoms. The molecule has 6 heteroatoms. The van der Waals surface area contributed by atoms with Crippen LogP contribution in [-0.2, 0) is 4.74 Å². The van der Waals surface area contributed by atoms with Crippen molar-refractivity contribution in [3.05, 3.63) is 42.2 Å². The summed E-state index contributed by atoms with van der Waals surface area (Å²) in [5.74, 6) is -0.224. The SMILES string of the molecule is COCCNc1ccccc1NC(=O)c1ccn[nH]1. The normalized spacial score (nSPS) is 10.2. The third-order valence-electron chi connectivity index (χ3n) is 2.54. The van der Waals surface area contributed by atoms with Gasteiger partial charge in [0.2, 0.25) is 0 Å². The van der Waals surface area contributed by atoms with Crippen molar-refractivity contribution >= 4 is 17.3 Å². The van der Waals surface area contributed by atoms with E-state index in [0.717, 1.165) is 11.4 Å². The highest BCUT2D eigenvalue weighted by Gasteiger charge is 2.09. The van der Waals surface area contributed by atoms with Crippen molar-refractivity contribution < 1.29 is 9.53 Å². The highest BCUT2D eigenvalue weighted by atomic mass is 16.5. The lowest BCUT2D eigenvalue weighted by atomic mass is 10.2. The number of nitrogens with zero attached hydrogens (tertiary/aromatic N) is 1. The van der Waals surface area contributed by atoms with Gasteiger partial charge < -0.3 is 15.4 Å². The van der Waals surface area contributed by atoms with Crippen LogP contribution in [-0.4, -0.2) is 36.4 Å². The molecule has 1 amide bonds. The molecular weight excluding hydrogens is 244 g/mol. The van der Waals surface area contributed by atoms with Crippen LogP contribution in [0.3, 0.4) is 0 Å². The number of hydrogen-bond donors (Lipinski definition) is 3. The molecule has 0 radical (unpaired) electrons. The smallest absolute Gasteiger partial charge is 0.273 e. The minimum absolute atomic E-state index is 0.224. The van der Waals surface area contributed by atoms with Crippen LogP contribution in [0.4, 0.5) is 11.4 Å². The predicted molar refractivity (Wildman–Crippen MR) is 73.3 cm³/mol. The maximum atomic E-state index is 11.9. The molecule has 100 valence electrons. The molecular formula is C13H16N4O2. The highest BCUT2D eigenvalue weighted by molar-refractivity contribution is 6.04. The number of methoxy groups -OCH3 is 1. The molecule has 1 heterocycles. The number of carbonyl (C=O) groups is 1. The molecule has 0 saturated carbocycles. The largest absolute Gasteiger partial charge is 0.383 e. The summed E-state index contributed by atoms with van der Waals surface area (Å²) < 4.78 is 4.98. The average Bonchev–Trinajstić information content (AvgIpc) is 2.95. The first-order chi connectivity index (χ1) is 9.31. The van der Waals surface area contributed by atoms with E-state index in [2.05, 4.69) is 20.8 Å². The number of amides is 1. The van der Waals surface area contributed by atoms with Crippen molar-refractivity contribution in [3.63, 3.8) is 0 Å². The Kier molecular flexibility index (Phi) is 4.52. The van der Waals surface area contributed by atoms with Gasteiger partial charge in [-0.05, 0) is 18.2 Å². The summed E-state index contributed by atoms with van der Waals surface area (Å²) in [7, 11) is 1.65. The molecule has 19 heavy (non-hydrogen) atoms. The maximum Gasteiger partial charge on any atom is 0.273 e. The molecule has 0 fully saturated rings. The Morgan fingerprint density at radius 2 is 2.11 bits per heavy atom. The second-order valence-electron chi connectivity index (χ2n) is 3.89. The van der Waals surface area contributed by atoms with Gasteiger partial charge in [-0.1, -0.05) is 12.1 Å². The Bertz CT molecular complexity index is 525. The topological polar surface area (TPSA) is 79.0 Å². The van der Waals surface area contributed by atoms with Gasteiger partial charge in [0.15, 0.2) is 0 Å². The van der Waals surface area contributed by atoms with Gasteiger partial charge in [-0.2, -0.15) is 5.10 Å². The van der Waals surface area contributed by atoms with Gasteiger partial charge in [-0.3, -0.25) is 9.89 Å². The number of carbonyl (C=O) groups excluding carboxylic acids is 1. The maximum absolute atomic E-state index is 11.9. The number of aromatic amines is 1. The van der Waals surface area contributed by atoms with E-state index in [1.54, 1.807) is 13.2 Å². The van der Waals surface area contributed by atoms with Crippen molar-refractivity contribution in [2.45, 2.75) is 0 Å². The minimum Gasteiger partial charge on any atom is -0.383 e. The van der Waals surface area contributed by atoms with Gasteiger partial charge in [-0.25, -0.2) is 0 Å². The Labute approximate surface area is 111 Å². The summed E-state index contributed by atoms with van der Waals surface area (Å²) in [6.07, 6.45) is 1.54. The number of nitrogens with one attached hydrogen (secondary N) is 3. The molecule has 0 saturated heterocycles. The van der Waals surface area contributed by atoms with Crippen LogP contribution in [0.1, 0.15) is 10.5 Å². The molecule has 0 aliphatic carbocycles. The van der Waals surface area contributed by atoms with Crippen molar-refractivity contribution in [2.24, 2.45) is 0 Å². The van der Waals surface area contributed by atoms with Crippen molar-refractivity contribution in [1.29, 1.82) is 0 Å². The standard InChI is InChI=1S/C13H16N4O2/c1-19-9-8-14-10-4-2-3-5-11(10)16-13(18)12-6-7-15-17-12/h2-7,14H,8-9H2,1H3,(H,15,17)(H,16,18). The number of H-pyrrole nitrogens is 1. The van der Waals surface area contributed by atoms with Gasteiger partial charge in [0, 0.05) is 19.9 Å². The van der Waals surface area contributed by atoms with Crippen LogP contribution in [0.5, 0.6) is 0 Å². The van der Waals surface area contributed by atoms with Crippen molar-refractivity contribution in [2.75, 3.05) is 30.9 Å². The van der Waals surface area contributed by atoms with Gasteiger partial charge >= 0.3 is 0 Å². The Morgan fingerprint density at radius 3 is 2.79 bits per heavy atom. The first kappa shape index (κ1) is 13.1. The fourth-order valence-electron chi connectivity index (χ4n) is 1.61. The fourth-order valence-corrected chi connectivity index (χ4v) is 1.61. The number of aromatic nitrogens is 2. The number of benzene rings is 1. The van der Waals surface area contributed by atoms with E-state index >= 15 is 0 Å². The first-order valence-electron chi connectivity index (χ1n) is 5.94. The summed E-state index contributed by atoms with van der Waals surface area (Å²) in [5.41, 5.74) is 2.00. The van der Waals surface area contributed by atoms with E-state index in [1.165, 1.54) is 6.20 Å². The molecule has 0 aliphatic rings. The van der Waals surface area contributed by atoms with Gasteiger partial charge in [0.25, 0.3) is 5.91 Å². The lowest BCUT2D eigenvalue weighted by molar-refractivity contribution is 0.102. The van der Waals surface area contributed by atoms with Gasteiger partial charge in [-0.15, -0.1) is 0 Å². The molecule has 0 bridgehead atoms. The third kappa shape index (κ3) is 3.56. The van der Waals surface area contributed by atoms with Crippen LogP contribution >= 0.6 is 0 Å². The molecule has 3 N–H and O–H groups in total. The summed E-state index contributed by atoms with van der Waals surface area (Å²) in [6.45, 7) is 1.27. The second kappa shape index (κ2) is 6.55. The molecule has 0 aliphatic heterocycles. The summed E-state index contributed by atoms with van der Waals surface area (Å²) >= 11 is 0. The Balaban J connectivity index is 2.05. The molecule has 1 aromatic heterocycles. The zero-order chi connectivity index (χ0) is 13.5. The third-order valence-corrected chi connectivity index (χ3v) is 2.54. The number of para-hydroxylation sites is 2. The number of anilines is 2. The molecule has 6 nitrogen and oxygen atoms in total. The van der Waals surface area contributed by atoms with E-state index in [9.17, 15) is 4.79 Å². The molecule has 1 aromatic carbocycles. The van der Waals surface area contributed by atoms with Crippen LogP contribution < -0.4 is 10.6 Å². The number of rotatable bonds is 6. The highest BCUT2D eigenvalue weighted by Crippen LogP contribution is 2.21. The van der Waals surface area contributed by atoms with E-state index < -0.39 is 0 Å². The molecule has 0 atom stereocenters. The van der Waals surface area contributed by atoms with Crippen molar-refractivity contribution in [3.8, 4) is 0 Å². The summed E-state index contributed by atoms with van der Waals surface area (Å²) in [6, 6.07) is 9.13. The van der Waals surface area contributed by atoms with Gasteiger partial charge in [0.05, 0.1) is 18.0 Å². The Hall–Kier alpha value is -2.34. The quantitative estimate of drug-likeness (QED) is 0.691.